The molecular formula is C11H19NO2. The maximum absolute atomic E-state index is 11.2. The van der Waals surface area contributed by atoms with Crippen LogP contribution >= 0.6 is 0 Å². The number of aliphatic hydroxyl groups is 1. The van der Waals surface area contributed by atoms with E-state index in [2.05, 4.69) is 6.58 Å². The monoisotopic (exact) mass is 197 g/mol. The first-order valence-corrected chi connectivity index (χ1v) is 5.23. The zero-order valence-electron chi connectivity index (χ0n) is 8.78. The van der Waals surface area contributed by atoms with Crippen molar-refractivity contribution in [2.24, 2.45) is 0 Å². The molecule has 80 valence electrons. The highest BCUT2D eigenvalue weighted by atomic mass is 16.3. The van der Waals surface area contributed by atoms with Gasteiger partial charge in [-0.1, -0.05) is 6.08 Å². The number of nitrogens with zero attached hydrogens (tertiary/aromatic N) is 1. The molecule has 14 heavy (non-hydrogen) atoms. The van der Waals surface area contributed by atoms with Crippen LogP contribution in [0.4, 0.5) is 0 Å². The molecular weight excluding hydrogens is 178 g/mol. The second-order valence-corrected chi connectivity index (χ2v) is 3.86. The molecule has 1 heterocycles. The third-order valence-electron chi connectivity index (χ3n) is 2.82. The third-order valence-corrected chi connectivity index (χ3v) is 2.82. The summed E-state index contributed by atoms with van der Waals surface area (Å²) in [6.07, 6.45) is 5.10. The first-order valence-electron chi connectivity index (χ1n) is 5.23. The van der Waals surface area contributed by atoms with Crippen molar-refractivity contribution in [2.75, 3.05) is 6.54 Å². The molecule has 1 fully saturated rings. The van der Waals surface area contributed by atoms with E-state index < -0.39 is 0 Å². The largest absolute Gasteiger partial charge is 0.391 e. The number of unbranched alkanes of at least 4 members (excludes halogenated alkanes) is 1. The lowest BCUT2D eigenvalue weighted by Gasteiger charge is -2.24. The van der Waals surface area contributed by atoms with Gasteiger partial charge in [0.15, 0.2) is 0 Å². The van der Waals surface area contributed by atoms with Gasteiger partial charge in [-0.05, 0) is 25.7 Å². The van der Waals surface area contributed by atoms with Gasteiger partial charge in [-0.25, -0.2) is 0 Å². The highest BCUT2D eigenvalue weighted by Crippen LogP contribution is 2.22. The number of hydrogen-bond acceptors (Lipinski definition) is 2. The maximum atomic E-state index is 11.2. The molecule has 2 atom stereocenters. The number of carbonyl (C=O) groups is 1. The summed E-state index contributed by atoms with van der Waals surface area (Å²) in [7, 11) is 0. The topological polar surface area (TPSA) is 40.5 Å². The lowest BCUT2D eigenvalue weighted by molar-refractivity contribution is -0.130. The fraction of sp³-hybridized carbons (Fsp3) is 0.727. The molecule has 0 aliphatic carbocycles. The van der Waals surface area contributed by atoms with Gasteiger partial charge in [-0.15, -0.1) is 6.58 Å². The van der Waals surface area contributed by atoms with E-state index in [1.807, 2.05) is 6.08 Å². The first kappa shape index (κ1) is 11.2. The van der Waals surface area contributed by atoms with Crippen LogP contribution in [0.2, 0.25) is 0 Å². The van der Waals surface area contributed by atoms with Crippen molar-refractivity contribution < 1.29 is 9.90 Å². The summed E-state index contributed by atoms with van der Waals surface area (Å²) >= 11 is 0. The van der Waals surface area contributed by atoms with Crippen LogP contribution in [0.5, 0.6) is 0 Å². The molecule has 0 aromatic rings. The average molecular weight is 197 g/mol. The lowest BCUT2D eigenvalue weighted by atomic mass is 10.0. The number of amides is 1. The Morgan fingerprint density at radius 1 is 1.71 bits per heavy atom. The van der Waals surface area contributed by atoms with E-state index in [0.29, 0.717) is 6.54 Å². The van der Waals surface area contributed by atoms with Gasteiger partial charge in [-0.2, -0.15) is 0 Å². The number of allylic oxidation sites excluding steroid dienone is 1. The Morgan fingerprint density at radius 3 is 3.00 bits per heavy atom. The van der Waals surface area contributed by atoms with Crippen molar-refractivity contribution in [2.45, 2.75) is 44.8 Å². The maximum Gasteiger partial charge on any atom is 0.219 e. The van der Waals surface area contributed by atoms with Crippen molar-refractivity contribution in [3.05, 3.63) is 12.7 Å². The molecule has 0 saturated carbocycles. The van der Waals surface area contributed by atoms with Crippen LogP contribution in [0.1, 0.15) is 32.6 Å². The molecule has 0 spiro atoms. The van der Waals surface area contributed by atoms with Gasteiger partial charge in [0.1, 0.15) is 0 Å². The summed E-state index contributed by atoms with van der Waals surface area (Å²) in [5.41, 5.74) is 0. The predicted molar refractivity (Wildman–Crippen MR) is 55.8 cm³/mol. The molecule has 0 unspecified atom stereocenters. The SMILES string of the molecule is C=CCCC[C@H]1[C@H](O)CCN1C(C)=O. The van der Waals surface area contributed by atoms with Gasteiger partial charge in [0, 0.05) is 13.5 Å². The van der Waals surface area contributed by atoms with Crippen molar-refractivity contribution >= 4 is 5.91 Å². The fourth-order valence-electron chi connectivity index (χ4n) is 2.05. The molecule has 1 N–H and O–H groups in total. The Bertz CT molecular complexity index is 215. The standard InChI is InChI=1S/C11H19NO2/c1-3-4-5-6-10-11(14)7-8-12(10)9(2)13/h3,10-11,14H,1,4-8H2,2H3/t10-,11+/m0/s1. The summed E-state index contributed by atoms with van der Waals surface area (Å²) in [6.45, 7) is 5.93. The summed E-state index contributed by atoms with van der Waals surface area (Å²) < 4.78 is 0. The zero-order valence-corrected chi connectivity index (χ0v) is 8.78. The van der Waals surface area contributed by atoms with Crippen LogP contribution < -0.4 is 0 Å². The van der Waals surface area contributed by atoms with Crippen LogP contribution in [0.3, 0.4) is 0 Å². The molecule has 1 rings (SSSR count). The van der Waals surface area contributed by atoms with Crippen LogP contribution in [-0.4, -0.2) is 34.6 Å². The van der Waals surface area contributed by atoms with Gasteiger partial charge in [0.05, 0.1) is 12.1 Å². The van der Waals surface area contributed by atoms with Crippen LogP contribution in [0, 0.1) is 0 Å². The molecule has 0 radical (unpaired) electrons. The van der Waals surface area contributed by atoms with Crippen molar-refractivity contribution in [1.29, 1.82) is 0 Å². The van der Waals surface area contributed by atoms with Crippen molar-refractivity contribution in [1.82, 2.24) is 4.90 Å². The van der Waals surface area contributed by atoms with Crippen LogP contribution in [0.15, 0.2) is 12.7 Å². The number of aliphatic hydroxyl groups excluding tert-OH is 1. The first-order chi connectivity index (χ1) is 6.66. The highest BCUT2D eigenvalue weighted by molar-refractivity contribution is 5.74. The Labute approximate surface area is 85.4 Å². The zero-order chi connectivity index (χ0) is 10.6. The minimum atomic E-state index is -0.330. The number of hydrogen-bond donors (Lipinski definition) is 1. The summed E-state index contributed by atoms with van der Waals surface area (Å²) in [5, 5.41) is 9.69. The van der Waals surface area contributed by atoms with E-state index in [-0.39, 0.29) is 18.1 Å². The van der Waals surface area contributed by atoms with E-state index in [9.17, 15) is 9.90 Å². The third kappa shape index (κ3) is 2.58. The van der Waals surface area contributed by atoms with E-state index in [0.717, 1.165) is 25.7 Å². The fourth-order valence-corrected chi connectivity index (χ4v) is 2.05. The second kappa shape index (κ2) is 5.15. The van der Waals surface area contributed by atoms with Crippen molar-refractivity contribution in [3.63, 3.8) is 0 Å². The molecule has 3 heteroatoms. The minimum Gasteiger partial charge on any atom is -0.391 e. The molecule has 1 aliphatic rings. The molecule has 0 bridgehead atoms. The van der Waals surface area contributed by atoms with E-state index >= 15 is 0 Å². The van der Waals surface area contributed by atoms with Crippen molar-refractivity contribution in [3.8, 4) is 0 Å². The number of carbonyl (C=O) groups excluding carboxylic acids is 1. The Balaban J connectivity index is 2.45. The molecule has 3 nitrogen and oxygen atoms in total. The quantitative estimate of drug-likeness (QED) is 0.545. The predicted octanol–water partition coefficient (Wildman–Crippen LogP) is 1.32. The van der Waals surface area contributed by atoms with Gasteiger partial charge in [0.25, 0.3) is 0 Å². The molecule has 0 aromatic heterocycles. The van der Waals surface area contributed by atoms with E-state index in [1.165, 1.54) is 0 Å². The van der Waals surface area contributed by atoms with Gasteiger partial charge in [-0.3, -0.25) is 4.79 Å². The molecule has 1 amide bonds. The van der Waals surface area contributed by atoms with Crippen LogP contribution in [0.25, 0.3) is 0 Å². The smallest absolute Gasteiger partial charge is 0.219 e. The second-order valence-electron chi connectivity index (χ2n) is 3.86. The van der Waals surface area contributed by atoms with Crippen LogP contribution in [-0.2, 0) is 4.79 Å². The normalized spacial score (nSPS) is 26.6. The molecule has 1 aliphatic heterocycles. The van der Waals surface area contributed by atoms with Gasteiger partial charge >= 0.3 is 0 Å². The lowest BCUT2D eigenvalue weighted by Crippen LogP contribution is -2.38. The molecule has 0 aromatic carbocycles. The molecule has 1 saturated heterocycles. The van der Waals surface area contributed by atoms with Gasteiger partial charge in [0.2, 0.25) is 5.91 Å². The highest BCUT2D eigenvalue weighted by Gasteiger charge is 2.33. The number of rotatable bonds is 4. The number of likely N-dealkylation sites (tertiary alicyclic amines) is 1. The Hall–Kier alpha value is -0.830. The van der Waals surface area contributed by atoms with E-state index in [4.69, 9.17) is 0 Å². The summed E-state index contributed by atoms with van der Waals surface area (Å²) in [4.78, 5) is 13.0. The van der Waals surface area contributed by atoms with Gasteiger partial charge < -0.3 is 10.0 Å². The average Bonchev–Trinajstić information content (AvgIpc) is 2.48. The summed E-state index contributed by atoms with van der Waals surface area (Å²) in [5.74, 6) is 0.0742. The summed E-state index contributed by atoms with van der Waals surface area (Å²) in [6, 6.07) is 0.0347. The van der Waals surface area contributed by atoms with E-state index in [1.54, 1.807) is 11.8 Å². The Kier molecular flexibility index (Phi) is 4.14. The minimum absolute atomic E-state index is 0.0347. The Morgan fingerprint density at radius 2 is 2.43 bits per heavy atom.